The van der Waals surface area contributed by atoms with Crippen LogP contribution in [-0.4, -0.2) is 47.9 Å². The van der Waals surface area contributed by atoms with E-state index in [0.717, 1.165) is 11.4 Å². The predicted octanol–water partition coefficient (Wildman–Crippen LogP) is 1.97. The van der Waals surface area contributed by atoms with Crippen LogP contribution in [0.3, 0.4) is 0 Å². The first-order valence-electron chi connectivity index (χ1n) is 9.07. The maximum Gasteiger partial charge on any atom is 0.223 e. The Kier molecular flexibility index (Phi) is 6.35. The summed E-state index contributed by atoms with van der Waals surface area (Å²) in [5.74, 6) is -0.422. The fourth-order valence-corrected chi connectivity index (χ4v) is 3.02. The molecule has 7 heteroatoms. The number of anilines is 1. The standard InChI is InChI=1S/C20H23FN4O2/c21-16-4-6-18(7-5-16)24-11-13-25(14-12-24)20(27)9-8-19(26)23-15-17-3-1-2-10-22-17/h1-7,10H,8-9,11-15H2,(H,23,26). The lowest BCUT2D eigenvalue weighted by Crippen LogP contribution is -2.49. The summed E-state index contributed by atoms with van der Waals surface area (Å²) < 4.78 is 13.0. The van der Waals surface area contributed by atoms with Crippen LogP contribution in [0.25, 0.3) is 0 Å². The lowest BCUT2D eigenvalue weighted by atomic mass is 10.2. The van der Waals surface area contributed by atoms with Gasteiger partial charge >= 0.3 is 0 Å². The highest BCUT2D eigenvalue weighted by Gasteiger charge is 2.21. The quantitative estimate of drug-likeness (QED) is 0.844. The minimum Gasteiger partial charge on any atom is -0.368 e. The van der Waals surface area contributed by atoms with Gasteiger partial charge in [0.2, 0.25) is 11.8 Å². The Morgan fingerprint density at radius 3 is 2.41 bits per heavy atom. The molecule has 0 spiro atoms. The topological polar surface area (TPSA) is 65.5 Å². The molecule has 0 unspecified atom stereocenters. The zero-order chi connectivity index (χ0) is 19.1. The fourth-order valence-electron chi connectivity index (χ4n) is 3.02. The van der Waals surface area contributed by atoms with Crippen molar-refractivity contribution >= 4 is 17.5 Å². The van der Waals surface area contributed by atoms with E-state index < -0.39 is 0 Å². The van der Waals surface area contributed by atoms with E-state index in [4.69, 9.17) is 0 Å². The van der Waals surface area contributed by atoms with Crippen LogP contribution in [0.2, 0.25) is 0 Å². The Balaban J connectivity index is 1.38. The number of halogens is 1. The van der Waals surface area contributed by atoms with E-state index in [-0.39, 0.29) is 30.5 Å². The highest BCUT2D eigenvalue weighted by Crippen LogP contribution is 2.17. The second kappa shape index (κ2) is 9.12. The number of amides is 2. The number of piperazine rings is 1. The van der Waals surface area contributed by atoms with E-state index in [1.54, 1.807) is 23.2 Å². The minimum absolute atomic E-state index is 0.0123. The van der Waals surface area contributed by atoms with Crippen LogP contribution >= 0.6 is 0 Å². The van der Waals surface area contributed by atoms with Gasteiger partial charge in [0.25, 0.3) is 0 Å². The molecular formula is C20H23FN4O2. The van der Waals surface area contributed by atoms with Crippen molar-refractivity contribution in [1.82, 2.24) is 15.2 Å². The molecule has 1 fully saturated rings. The second-order valence-electron chi connectivity index (χ2n) is 6.44. The largest absolute Gasteiger partial charge is 0.368 e. The zero-order valence-electron chi connectivity index (χ0n) is 15.1. The monoisotopic (exact) mass is 370 g/mol. The summed E-state index contributed by atoms with van der Waals surface area (Å²) in [6.45, 7) is 2.97. The maximum absolute atomic E-state index is 13.0. The molecule has 0 aliphatic carbocycles. The van der Waals surface area contributed by atoms with Gasteiger partial charge < -0.3 is 15.1 Å². The molecule has 0 saturated carbocycles. The Hall–Kier alpha value is -2.96. The number of rotatable bonds is 6. The number of nitrogens with one attached hydrogen (secondary N) is 1. The van der Waals surface area contributed by atoms with Crippen molar-refractivity contribution in [2.75, 3.05) is 31.1 Å². The van der Waals surface area contributed by atoms with Gasteiger partial charge in [0.05, 0.1) is 12.2 Å². The maximum atomic E-state index is 13.0. The Bertz CT molecular complexity index is 759. The summed E-state index contributed by atoms with van der Waals surface area (Å²) in [7, 11) is 0. The average Bonchev–Trinajstić information content (AvgIpc) is 2.72. The number of carbonyl (C=O) groups is 2. The Morgan fingerprint density at radius 2 is 1.74 bits per heavy atom. The number of nitrogens with zero attached hydrogens (tertiary/aromatic N) is 3. The van der Waals surface area contributed by atoms with E-state index in [1.165, 1.54) is 12.1 Å². The fraction of sp³-hybridized carbons (Fsp3) is 0.350. The van der Waals surface area contributed by atoms with Crippen LogP contribution < -0.4 is 10.2 Å². The van der Waals surface area contributed by atoms with Gasteiger partial charge in [0.15, 0.2) is 0 Å². The first-order valence-corrected chi connectivity index (χ1v) is 9.07. The van der Waals surface area contributed by atoms with Gasteiger partial charge in [-0.05, 0) is 36.4 Å². The van der Waals surface area contributed by atoms with Crippen LogP contribution in [0, 0.1) is 5.82 Å². The van der Waals surface area contributed by atoms with E-state index in [9.17, 15) is 14.0 Å². The second-order valence-corrected chi connectivity index (χ2v) is 6.44. The summed E-state index contributed by atoms with van der Waals surface area (Å²) in [6.07, 6.45) is 2.05. The van der Waals surface area contributed by atoms with Crippen molar-refractivity contribution in [3.8, 4) is 0 Å². The van der Waals surface area contributed by atoms with Gasteiger partial charge in [0.1, 0.15) is 5.82 Å². The zero-order valence-corrected chi connectivity index (χ0v) is 15.1. The number of aromatic nitrogens is 1. The molecule has 0 radical (unpaired) electrons. The third-order valence-corrected chi connectivity index (χ3v) is 4.58. The van der Waals surface area contributed by atoms with Crippen molar-refractivity contribution < 1.29 is 14.0 Å². The number of benzene rings is 1. The molecule has 2 aromatic rings. The predicted molar refractivity (Wildman–Crippen MR) is 101 cm³/mol. The van der Waals surface area contributed by atoms with E-state index in [1.807, 2.05) is 18.2 Å². The third-order valence-electron chi connectivity index (χ3n) is 4.58. The number of hydrogen-bond donors (Lipinski definition) is 1. The van der Waals surface area contributed by atoms with E-state index >= 15 is 0 Å². The molecule has 1 aliphatic heterocycles. The van der Waals surface area contributed by atoms with Crippen LogP contribution in [0.5, 0.6) is 0 Å². The Labute approximate surface area is 158 Å². The lowest BCUT2D eigenvalue weighted by Gasteiger charge is -2.36. The van der Waals surface area contributed by atoms with Gasteiger partial charge in [0, 0.05) is 50.9 Å². The summed E-state index contributed by atoms with van der Waals surface area (Å²) >= 11 is 0. The molecule has 3 rings (SSSR count). The summed E-state index contributed by atoms with van der Waals surface area (Å²) in [6, 6.07) is 11.9. The highest BCUT2D eigenvalue weighted by atomic mass is 19.1. The molecular weight excluding hydrogens is 347 g/mol. The van der Waals surface area contributed by atoms with Crippen LogP contribution in [0.4, 0.5) is 10.1 Å². The van der Waals surface area contributed by atoms with E-state index in [2.05, 4.69) is 15.2 Å². The van der Waals surface area contributed by atoms with Crippen LogP contribution in [0.15, 0.2) is 48.7 Å². The summed E-state index contributed by atoms with van der Waals surface area (Å²) in [4.78, 5) is 32.3. The third kappa shape index (κ3) is 5.51. The van der Waals surface area contributed by atoms with Crippen LogP contribution in [-0.2, 0) is 16.1 Å². The highest BCUT2D eigenvalue weighted by molar-refractivity contribution is 5.83. The SMILES string of the molecule is O=C(CCC(=O)N1CCN(c2ccc(F)cc2)CC1)NCc1ccccn1. The average molecular weight is 370 g/mol. The Morgan fingerprint density at radius 1 is 1.00 bits per heavy atom. The van der Waals surface area contributed by atoms with Gasteiger partial charge in [-0.25, -0.2) is 4.39 Å². The van der Waals surface area contributed by atoms with Crippen molar-refractivity contribution in [3.05, 3.63) is 60.2 Å². The normalized spacial score (nSPS) is 14.1. The smallest absolute Gasteiger partial charge is 0.223 e. The molecule has 0 bridgehead atoms. The van der Waals surface area contributed by atoms with Gasteiger partial charge in [-0.15, -0.1) is 0 Å². The van der Waals surface area contributed by atoms with Gasteiger partial charge in [-0.3, -0.25) is 14.6 Å². The molecule has 1 aliphatic rings. The molecule has 2 heterocycles. The number of pyridine rings is 1. The molecule has 27 heavy (non-hydrogen) atoms. The lowest BCUT2D eigenvalue weighted by molar-refractivity contribution is -0.133. The van der Waals surface area contributed by atoms with Gasteiger partial charge in [-0.2, -0.15) is 0 Å². The molecule has 2 amide bonds. The number of carbonyl (C=O) groups excluding carboxylic acids is 2. The van der Waals surface area contributed by atoms with Crippen molar-refractivity contribution in [1.29, 1.82) is 0 Å². The number of hydrogen-bond acceptors (Lipinski definition) is 4. The summed E-state index contributed by atoms with van der Waals surface area (Å²) in [5.41, 5.74) is 1.74. The summed E-state index contributed by atoms with van der Waals surface area (Å²) in [5, 5.41) is 2.78. The molecule has 1 aromatic heterocycles. The first-order chi connectivity index (χ1) is 13.1. The molecule has 1 aromatic carbocycles. The first kappa shape index (κ1) is 18.8. The van der Waals surface area contributed by atoms with Crippen molar-refractivity contribution in [3.63, 3.8) is 0 Å². The van der Waals surface area contributed by atoms with Crippen LogP contribution in [0.1, 0.15) is 18.5 Å². The van der Waals surface area contributed by atoms with Gasteiger partial charge in [-0.1, -0.05) is 6.07 Å². The molecule has 1 saturated heterocycles. The molecule has 0 atom stereocenters. The minimum atomic E-state index is -0.256. The van der Waals surface area contributed by atoms with Crippen molar-refractivity contribution in [2.45, 2.75) is 19.4 Å². The molecule has 6 nitrogen and oxygen atoms in total. The van der Waals surface area contributed by atoms with Crippen molar-refractivity contribution in [2.24, 2.45) is 0 Å². The molecule has 1 N–H and O–H groups in total. The molecule has 142 valence electrons. The van der Waals surface area contributed by atoms with E-state index in [0.29, 0.717) is 32.7 Å².